The molecule has 1 fully saturated rings. The predicted octanol–water partition coefficient (Wildman–Crippen LogP) is 4.59. The Bertz CT molecular complexity index is 1130. The molecule has 1 saturated heterocycles. The number of carbonyl (C=O) groups excluding carboxylic acids is 2. The molecule has 188 valence electrons. The largest absolute Gasteiger partial charge is 0.423 e. The van der Waals surface area contributed by atoms with Crippen LogP contribution in [0.1, 0.15) is 30.4 Å². The van der Waals surface area contributed by atoms with E-state index >= 15 is 0 Å². The van der Waals surface area contributed by atoms with E-state index in [2.05, 4.69) is 16.0 Å². The summed E-state index contributed by atoms with van der Waals surface area (Å²) in [5.74, 6) is -2.79. The van der Waals surface area contributed by atoms with Gasteiger partial charge in [-0.2, -0.15) is 26.3 Å². The molecule has 2 aromatic rings. The lowest BCUT2D eigenvalue weighted by Crippen LogP contribution is -2.46. The standard InChI is InChI=1S/C21H18F6N4O4/c1-10(32)28-12-3-5-13(6-4-12)29-19(33)16-9-14(18(30-16)21(25,26)27)11-2-7-17(31(34)35)15(8-11)20(22,23)24/h2-8,14,16,18,30H,9H2,1H3,(H,28,32)(H,29,33). The Morgan fingerprint density at radius 3 is 2.06 bits per heavy atom. The molecule has 1 aliphatic rings. The third-order valence-corrected chi connectivity index (χ3v) is 5.37. The van der Waals surface area contributed by atoms with Crippen molar-refractivity contribution in [3.05, 3.63) is 63.7 Å². The van der Waals surface area contributed by atoms with Gasteiger partial charge in [-0.1, -0.05) is 6.07 Å². The van der Waals surface area contributed by atoms with Crippen LogP contribution in [0.15, 0.2) is 42.5 Å². The topological polar surface area (TPSA) is 113 Å². The Balaban J connectivity index is 1.85. The highest BCUT2D eigenvalue weighted by Crippen LogP contribution is 2.43. The number of hydrogen-bond acceptors (Lipinski definition) is 5. The number of nitro benzene ring substituents is 1. The molecule has 2 aromatic carbocycles. The van der Waals surface area contributed by atoms with Gasteiger partial charge in [0.05, 0.1) is 11.0 Å². The summed E-state index contributed by atoms with van der Waals surface area (Å²) >= 11 is 0. The van der Waals surface area contributed by atoms with Crippen LogP contribution in [0, 0.1) is 10.1 Å². The summed E-state index contributed by atoms with van der Waals surface area (Å²) in [6.07, 6.45) is -10.6. The van der Waals surface area contributed by atoms with E-state index in [-0.39, 0.29) is 11.6 Å². The lowest BCUT2D eigenvalue weighted by molar-refractivity contribution is -0.388. The average molecular weight is 504 g/mol. The number of nitrogens with zero attached hydrogens (tertiary/aromatic N) is 1. The second kappa shape index (κ2) is 9.52. The molecule has 3 atom stereocenters. The maximum atomic E-state index is 13.7. The van der Waals surface area contributed by atoms with Gasteiger partial charge in [0, 0.05) is 30.3 Å². The van der Waals surface area contributed by atoms with Crippen LogP contribution in [0.3, 0.4) is 0 Å². The van der Waals surface area contributed by atoms with Gasteiger partial charge in [-0.15, -0.1) is 0 Å². The Kier molecular flexibility index (Phi) is 7.06. The quantitative estimate of drug-likeness (QED) is 0.313. The number of anilines is 2. The van der Waals surface area contributed by atoms with Crippen LogP contribution in [0.25, 0.3) is 0 Å². The van der Waals surface area contributed by atoms with Crippen molar-refractivity contribution in [3.63, 3.8) is 0 Å². The molecule has 0 bridgehead atoms. The van der Waals surface area contributed by atoms with Gasteiger partial charge < -0.3 is 10.6 Å². The predicted molar refractivity (Wildman–Crippen MR) is 112 cm³/mol. The molecule has 1 heterocycles. The number of hydrogen-bond donors (Lipinski definition) is 3. The van der Waals surface area contributed by atoms with E-state index in [4.69, 9.17) is 0 Å². The van der Waals surface area contributed by atoms with Crippen molar-refractivity contribution in [1.82, 2.24) is 5.32 Å². The molecule has 1 aliphatic heterocycles. The molecule has 0 saturated carbocycles. The molecule has 0 aliphatic carbocycles. The second-order valence-corrected chi connectivity index (χ2v) is 7.86. The SMILES string of the molecule is CC(=O)Nc1ccc(NC(=O)C2CC(c3ccc([N+](=O)[O-])c(C(F)(F)F)c3)C(C(F)(F)F)N2)cc1. The highest BCUT2D eigenvalue weighted by Gasteiger charge is 2.52. The summed E-state index contributed by atoms with van der Waals surface area (Å²) in [7, 11) is 0. The molecule has 3 rings (SSSR count). The number of carbonyl (C=O) groups is 2. The number of amides is 2. The summed E-state index contributed by atoms with van der Waals surface area (Å²) in [6.45, 7) is 1.29. The number of rotatable bonds is 5. The number of halogens is 6. The molecule has 0 spiro atoms. The summed E-state index contributed by atoms with van der Waals surface area (Å²) in [4.78, 5) is 33.4. The normalized spacial score (nSPS) is 20.4. The minimum Gasteiger partial charge on any atom is -0.326 e. The van der Waals surface area contributed by atoms with Gasteiger partial charge in [-0.05, 0) is 42.3 Å². The minimum atomic E-state index is -5.17. The van der Waals surface area contributed by atoms with E-state index in [1.54, 1.807) is 0 Å². The monoisotopic (exact) mass is 504 g/mol. The maximum absolute atomic E-state index is 13.7. The molecule has 0 aromatic heterocycles. The van der Waals surface area contributed by atoms with E-state index in [9.17, 15) is 46.0 Å². The molecular formula is C21H18F6N4O4. The van der Waals surface area contributed by atoms with E-state index in [1.165, 1.54) is 31.2 Å². The van der Waals surface area contributed by atoms with Crippen molar-refractivity contribution in [2.75, 3.05) is 10.6 Å². The maximum Gasteiger partial charge on any atom is 0.423 e. The Morgan fingerprint density at radius 1 is 1.00 bits per heavy atom. The third-order valence-electron chi connectivity index (χ3n) is 5.37. The molecule has 3 N–H and O–H groups in total. The zero-order valence-electron chi connectivity index (χ0n) is 17.8. The fourth-order valence-electron chi connectivity index (χ4n) is 3.86. The second-order valence-electron chi connectivity index (χ2n) is 7.86. The van der Waals surface area contributed by atoms with Crippen molar-refractivity contribution >= 4 is 28.9 Å². The van der Waals surface area contributed by atoms with Crippen LogP contribution in [0.4, 0.5) is 43.4 Å². The third kappa shape index (κ3) is 6.07. The van der Waals surface area contributed by atoms with E-state index in [0.29, 0.717) is 17.8 Å². The van der Waals surface area contributed by atoms with Gasteiger partial charge in [-0.25, -0.2) is 0 Å². The molecule has 14 heteroatoms. The van der Waals surface area contributed by atoms with E-state index in [1.807, 2.05) is 0 Å². The first-order valence-electron chi connectivity index (χ1n) is 10.0. The Hall–Kier alpha value is -3.68. The highest BCUT2D eigenvalue weighted by molar-refractivity contribution is 5.95. The summed E-state index contributed by atoms with van der Waals surface area (Å²) in [6, 6.07) is 3.62. The van der Waals surface area contributed by atoms with Gasteiger partial charge in [0.1, 0.15) is 11.6 Å². The lowest BCUT2D eigenvalue weighted by atomic mass is 9.88. The minimum absolute atomic E-state index is 0.215. The van der Waals surface area contributed by atoms with E-state index in [0.717, 1.165) is 6.07 Å². The number of nitrogens with one attached hydrogen (secondary N) is 3. The zero-order valence-corrected chi connectivity index (χ0v) is 17.8. The van der Waals surface area contributed by atoms with Gasteiger partial charge >= 0.3 is 12.4 Å². The lowest BCUT2D eigenvalue weighted by Gasteiger charge is -2.23. The Morgan fingerprint density at radius 2 is 1.57 bits per heavy atom. The fraction of sp³-hybridized carbons (Fsp3) is 0.333. The number of benzene rings is 2. The summed E-state index contributed by atoms with van der Waals surface area (Å²) in [5.41, 5.74) is -2.76. The molecule has 8 nitrogen and oxygen atoms in total. The van der Waals surface area contributed by atoms with E-state index < -0.39 is 64.4 Å². The van der Waals surface area contributed by atoms with Gasteiger partial charge in [0.2, 0.25) is 11.8 Å². The summed E-state index contributed by atoms with van der Waals surface area (Å²) < 4.78 is 81.0. The number of nitro groups is 1. The van der Waals surface area contributed by atoms with Gasteiger partial charge in [0.25, 0.3) is 5.69 Å². The van der Waals surface area contributed by atoms with Crippen LogP contribution >= 0.6 is 0 Å². The number of alkyl halides is 6. The van der Waals surface area contributed by atoms with Crippen molar-refractivity contribution in [2.24, 2.45) is 0 Å². The van der Waals surface area contributed by atoms with Gasteiger partial charge in [-0.3, -0.25) is 25.0 Å². The zero-order chi connectivity index (χ0) is 26.1. The molecular weight excluding hydrogens is 486 g/mol. The summed E-state index contributed by atoms with van der Waals surface area (Å²) in [5, 5.41) is 18.0. The van der Waals surface area contributed by atoms with Crippen molar-refractivity contribution in [3.8, 4) is 0 Å². The highest BCUT2D eigenvalue weighted by atomic mass is 19.4. The first-order chi connectivity index (χ1) is 16.2. The van der Waals surface area contributed by atoms with Crippen LogP contribution in [0.2, 0.25) is 0 Å². The first-order valence-corrected chi connectivity index (χ1v) is 10.0. The molecule has 0 radical (unpaired) electrons. The van der Waals surface area contributed by atoms with Crippen LogP contribution in [0.5, 0.6) is 0 Å². The van der Waals surface area contributed by atoms with Crippen LogP contribution < -0.4 is 16.0 Å². The Labute approximate surface area is 193 Å². The fourth-order valence-corrected chi connectivity index (χ4v) is 3.86. The van der Waals surface area contributed by atoms with Crippen molar-refractivity contribution in [1.29, 1.82) is 0 Å². The molecule has 2 amide bonds. The smallest absolute Gasteiger partial charge is 0.326 e. The first kappa shape index (κ1) is 25.9. The molecule has 3 unspecified atom stereocenters. The van der Waals surface area contributed by atoms with Gasteiger partial charge in [0.15, 0.2) is 0 Å². The van der Waals surface area contributed by atoms with Crippen LogP contribution in [-0.4, -0.2) is 35.0 Å². The molecule has 35 heavy (non-hydrogen) atoms. The van der Waals surface area contributed by atoms with Crippen molar-refractivity contribution in [2.45, 2.75) is 43.7 Å². The average Bonchev–Trinajstić information content (AvgIpc) is 3.20. The van der Waals surface area contributed by atoms with Crippen molar-refractivity contribution < 1.29 is 40.9 Å². The van der Waals surface area contributed by atoms with Crippen LogP contribution in [-0.2, 0) is 15.8 Å².